The Morgan fingerprint density at radius 2 is 1.70 bits per heavy atom. The first-order chi connectivity index (χ1) is 11.2. The molecule has 5 heteroatoms. The van der Waals surface area contributed by atoms with Crippen molar-refractivity contribution in [3.63, 3.8) is 0 Å². The van der Waals surface area contributed by atoms with Crippen LogP contribution in [0.2, 0.25) is 0 Å². The molecule has 3 fully saturated rings. The van der Waals surface area contributed by atoms with Crippen LogP contribution in [0.3, 0.4) is 0 Å². The number of hydrogen-bond acceptors (Lipinski definition) is 4. The highest BCUT2D eigenvalue weighted by atomic mass is 16.2. The number of carbonyl (C=O) groups is 1. The minimum absolute atomic E-state index is 0.0303. The number of amides is 1. The first-order valence-electron chi connectivity index (χ1n) is 9.39. The molecule has 0 unspecified atom stereocenters. The Labute approximate surface area is 140 Å². The number of nitrogens with one attached hydrogen (secondary N) is 1. The van der Waals surface area contributed by atoms with Crippen LogP contribution in [0.1, 0.15) is 57.8 Å². The number of hydrogen-bond donors (Lipinski definition) is 1. The third-order valence-electron chi connectivity index (χ3n) is 5.92. The molecule has 0 aromatic carbocycles. The molecule has 1 amide bonds. The van der Waals surface area contributed by atoms with Gasteiger partial charge in [0, 0.05) is 32.2 Å². The fourth-order valence-electron chi connectivity index (χ4n) is 4.49. The van der Waals surface area contributed by atoms with Crippen LogP contribution in [0.4, 0.5) is 0 Å². The molecule has 0 bridgehead atoms. The van der Waals surface area contributed by atoms with Crippen LogP contribution >= 0.6 is 0 Å². The van der Waals surface area contributed by atoms with E-state index in [9.17, 15) is 10.1 Å². The minimum Gasteiger partial charge on any atom is -0.337 e. The molecule has 1 aliphatic heterocycles. The predicted octanol–water partition coefficient (Wildman–Crippen LogP) is 1.89. The third-order valence-corrected chi connectivity index (χ3v) is 5.92. The summed E-state index contributed by atoms with van der Waals surface area (Å²) in [5.41, 5.74) is -0.596. The van der Waals surface area contributed by atoms with Crippen molar-refractivity contribution >= 4 is 5.91 Å². The van der Waals surface area contributed by atoms with Crippen molar-refractivity contribution in [2.45, 2.75) is 69.4 Å². The van der Waals surface area contributed by atoms with Crippen LogP contribution in [0.15, 0.2) is 0 Å². The standard InChI is InChI=1S/C18H30N4O/c19-15-18(8-4-1-5-9-18)20-17(23)14-21-10-12-22(13-11-21)16-6-2-3-7-16/h16H,1-14H2,(H,20,23). The summed E-state index contributed by atoms with van der Waals surface area (Å²) in [4.78, 5) is 17.2. The van der Waals surface area contributed by atoms with Crippen LogP contribution in [0.25, 0.3) is 0 Å². The van der Waals surface area contributed by atoms with E-state index < -0.39 is 5.54 Å². The molecule has 1 heterocycles. The maximum Gasteiger partial charge on any atom is 0.235 e. The van der Waals surface area contributed by atoms with E-state index in [-0.39, 0.29) is 5.91 Å². The van der Waals surface area contributed by atoms with E-state index in [1.807, 2.05) is 0 Å². The maximum absolute atomic E-state index is 12.4. The van der Waals surface area contributed by atoms with Gasteiger partial charge in [0.25, 0.3) is 0 Å². The molecular formula is C18H30N4O. The van der Waals surface area contributed by atoms with Crippen LogP contribution < -0.4 is 5.32 Å². The van der Waals surface area contributed by atoms with E-state index in [0.717, 1.165) is 57.9 Å². The van der Waals surface area contributed by atoms with Gasteiger partial charge in [-0.15, -0.1) is 0 Å². The second kappa shape index (κ2) is 7.63. The molecule has 0 atom stereocenters. The van der Waals surface area contributed by atoms with Crippen molar-refractivity contribution in [1.29, 1.82) is 5.26 Å². The van der Waals surface area contributed by atoms with Gasteiger partial charge in [-0.2, -0.15) is 5.26 Å². The van der Waals surface area contributed by atoms with E-state index in [1.54, 1.807) is 0 Å². The van der Waals surface area contributed by atoms with E-state index in [0.29, 0.717) is 6.54 Å². The number of piperazine rings is 1. The smallest absolute Gasteiger partial charge is 0.235 e. The Kier molecular flexibility index (Phi) is 5.55. The number of carbonyl (C=O) groups excluding carboxylic acids is 1. The lowest BCUT2D eigenvalue weighted by Gasteiger charge is -2.38. The summed E-state index contributed by atoms with van der Waals surface area (Å²) in [6.07, 6.45) is 10.4. The van der Waals surface area contributed by atoms with E-state index in [1.165, 1.54) is 32.1 Å². The van der Waals surface area contributed by atoms with E-state index >= 15 is 0 Å². The minimum atomic E-state index is -0.596. The molecule has 1 N–H and O–H groups in total. The summed E-state index contributed by atoms with van der Waals surface area (Å²) in [7, 11) is 0. The lowest BCUT2D eigenvalue weighted by Crippen LogP contribution is -2.55. The highest BCUT2D eigenvalue weighted by Crippen LogP contribution is 2.27. The Morgan fingerprint density at radius 3 is 2.30 bits per heavy atom. The number of rotatable bonds is 4. The maximum atomic E-state index is 12.4. The second-order valence-corrected chi connectivity index (χ2v) is 7.55. The number of nitrogens with zero attached hydrogens (tertiary/aromatic N) is 3. The predicted molar refractivity (Wildman–Crippen MR) is 89.8 cm³/mol. The van der Waals surface area contributed by atoms with Gasteiger partial charge < -0.3 is 5.32 Å². The lowest BCUT2D eigenvalue weighted by molar-refractivity contribution is -0.124. The molecule has 0 aromatic heterocycles. The Morgan fingerprint density at radius 1 is 1.04 bits per heavy atom. The second-order valence-electron chi connectivity index (χ2n) is 7.55. The van der Waals surface area contributed by atoms with Gasteiger partial charge in [0.15, 0.2) is 0 Å². The molecular weight excluding hydrogens is 288 g/mol. The first-order valence-corrected chi connectivity index (χ1v) is 9.39. The molecule has 5 nitrogen and oxygen atoms in total. The molecule has 128 valence electrons. The monoisotopic (exact) mass is 318 g/mol. The molecule has 1 saturated heterocycles. The molecule has 0 aromatic rings. The van der Waals surface area contributed by atoms with Gasteiger partial charge in [-0.25, -0.2) is 0 Å². The summed E-state index contributed by atoms with van der Waals surface area (Å²) in [6, 6.07) is 3.16. The Hall–Kier alpha value is -1.12. The van der Waals surface area contributed by atoms with Gasteiger partial charge in [-0.3, -0.25) is 14.6 Å². The first kappa shape index (κ1) is 16.7. The molecule has 0 radical (unpaired) electrons. The summed E-state index contributed by atoms with van der Waals surface area (Å²) in [5.74, 6) is 0.0303. The quantitative estimate of drug-likeness (QED) is 0.860. The van der Waals surface area contributed by atoms with Gasteiger partial charge in [0.2, 0.25) is 5.91 Å². The van der Waals surface area contributed by atoms with Crippen LogP contribution in [0, 0.1) is 11.3 Å². The lowest BCUT2D eigenvalue weighted by atomic mass is 9.83. The Bertz CT molecular complexity index is 438. The Balaban J connectivity index is 1.43. The van der Waals surface area contributed by atoms with Gasteiger partial charge in [0.05, 0.1) is 12.6 Å². The highest BCUT2D eigenvalue weighted by Gasteiger charge is 2.34. The average Bonchev–Trinajstić information content (AvgIpc) is 3.11. The number of nitriles is 1. The SMILES string of the molecule is N#CC1(NC(=O)CN2CCN(C3CCCC3)CC2)CCCCC1. The van der Waals surface area contributed by atoms with Crippen molar-refractivity contribution in [2.75, 3.05) is 32.7 Å². The van der Waals surface area contributed by atoms with E-state index in [4.69, 9.17) is 0 Å². The largest absolute Gasteiger partial charge is 0.337 e. The summed E-state index contributed by atoms with van der Waals surface area (Å²) >= 11 is 0. The average molecular weight is 318 g/mol. The normalized spacial score (nSPS) is 26.7. The van der Waals surface area contributed by atoms with Crippen LogP contribution in [-0.2, 0) is 4.79 Å². The van der Waals surface area contributed by atoms with Crippen molar-refractivity contribution in [3.05, 3.63) is 0 Å². The molecule has 23 heavy (non-hydrogen) atoms. The molecule has 0 spiro atoms. The van der Waals surface area contributed by atoms with Gasteiger partial charge >= 0.3 is 0 Å². The summed E-state index contributed by atoms with van der Waals surface area (Å²) in [6.45, 7) is 4.57. The fraction of sp³-hybridized carbons (Fsp3) is 0.889. The van der Waals surface area contributed by atoms with Gasteiger partial charge in [0.1, 0.15) is 5.54 Å². The topological polar surface area (TPSA) is 59.4 Å². The highest BCUT2D eigenvalue weighted by molar-refractivity contribution is 5.79. The molecule has 3 rings (SSSR count). The zero-order valence-electron chi connectivity index (χ0n) is 14.2. The summed E-state index contributed by atoms with van der Waals surface area (Å²) in [5, 5.41) is 12.5. The van der Waals surface area contributed by atoms with Gasteiger partial charge in [-0.05, 0) is 25.7 Å². The molecule has 2 saturated carbocycles. The van der Waals surface area contributed by atoms with Crippen LogP contribution in [-0.4, -0.2) is 60.0 Å². The fourth-order valence-corrected chi connectivity index (χ4v) is 4.49. The van der Waals surface area contributed by atoms with Crippen molar-refractivity contribution < 1.29 is 4.79 Å². The molecule has 3 aliphatic rings. The summed E-state index contributed by atoms with van der Waals surface area (Å²) < 4.78 is 0. The zero-order valence-corrected chi connectivity index (χ0v) is 14.2. The van der Waals surface area contributed by atoms with Crippen molar-refractivity contribution in [3.8, 4) is 6.07 Å². The van der Waals surface area contributed by atoms with Crippen molar-refractivity contribution in [1.82, 2.24) is 15.1 Å². The third kappa shape index (κ3) is 4.24. The molecule has 2 aliphatic carbocycles. The van der Waals surface area contributed by atoms with Gasteiger partial charge in [-0.1, -0.05) is 32.1 Å². The van der Waals surface area contributed by atoms with Crippen molar-refractivity contribution in [2.24, 2.45) is 0 Å². The van der Waals surface area contributed by atoms with Crippen LogP contribution in [0.5, 0.6) is 0 Å². The van der Waals surface area contributed by atoms with E-state index in [2.05, 4.69) is 21.2 Å². The zero-order chi connectivity index (χ0) is 16.1.